The van der Waals surface area contributed by atoms with E-state index >= 15 is 0 Å². The third kappa shape index (κ3) is 4.92. The number of nitrogens with one attached hydrogen (secondary N) is 1. The van der Waals surface area contributed by atoms with Gasteiger partial charge >= 0.3 is 12.4 Å². The highest BCUT2D eigenvalue weighted by Gasteiger charge is 2.37. The number of benzene rings is 1. The second kappa shape index (κ2) is 6.54. The number of carbonyl (C=O) groups is 1. The van der Waals surface area contributed by atoms with Crippen LogP contribution in [0.1, 0.15) is 18.1 Å². The van der Waals surface area contributed by atoms with Crippen molar-refractivity contribution in [3.63, 3.8) is 0 Å². The number of hydrogen-bond acceptors (Lipinski definition) is 3. The summed E-state index contributed by atoms with van der Waals surface area (Å²) in [5.74, 6) is -2.15. The quantitative estimate of drug-likeness (QED) is 0.653. The molecule has 1 unspecified atom stereocenters. The van der Waals surface area contributed by atoms with Crippen molar-refractivity contribution in [3.8, 4) is 6.07 Å². The highest BCUT2D eigenvalue weighted by atomic mass is 32.1. The van der Waals surface area contributed by atoms with Crippen LogP contribution in [0.5, 0.6) is 0 Å². The number of Topliss-reactive ketones (excluding diaryl/α,β-unsaturated/α-hetero) is 1. The summed E-state index contributed by atoms with van der Waals surface area (Å²) >= 11 is 4.69. The Morgan fingerprint density at radius 2 is 1.57 bits per heavy atom. The minimum atomic E-state index is -5.01. The van der Waals surface area contributed by atoms with Gasteiger partial charge in [0.25, 0.3) is 0 Å². The molecule has 10 heteroatoms. The lowest BCUT2D eigenvalue weighted by Crippen LogP contribution is -2.25. The van der Waals surface area contributed by atoms with E-state index in [1.807, 2.05) is 0 Å². The van der Waals surface area contributed by atoms with Gasteiger partial charge in [0, 0.05) is 5.69 Å². The van der Waals surface area contributed by atoms with Gasteiger partial charge in [-0.2, -0.15) is 31.6 Å². The molecule has 0 aromatic heterocycles. The summed E-state index contributed by atoms with van der Waals surface area (Å²) in [7, 11) is 0. The molecule has 1 rings (SSSR count). The van der Waals surface area contributed by atoms with Crippen molar-refractivity contribution in [1.29, 1.82) is 5.26 Å². The first-order chi connectivity index (χ1) is 10.4. The molecule has 1 atom stereocenters. The smallest absolute Gasteiger partial charge is 0.349 e. The third-order valence-electron chi connectivity index (χ3n) is 2.65. The first-order valence-electron chi connectivity index (χ1n) is 5.86. The van der Waals surface area contributed by atoms with Crippen LogP contribution in [0.3, 0.4) is 0 Å². The summed E-state index contributed by atoms with van der Waals surface area (Å²) in [6.07, 6.45) is -10.0. The average molecular weight is 354 g/mol. The predicted molar refractivity (Wildman–Crippen MR) is 72.5 cm³/mol. The Morgan fingerprint density at radius 1 is 1.13 bits per heavy atom. The van der Waals surface area contributed by atoms with Crippen molar-refractivity contribution in [2.75, 3.05) is 5.32 Å². The normalized spacial score (nSPS) is 13.1. The average Bonchev–Trinajstić information content (AvgIpc) is 2.36. The molecule has 1 aromatic carbocycles. The highest BCUT2D eigenvalue weighted by Crippen LogP contribution is 2.37. The van der Waals surface area contributed by atoms with E-state index in [4.69, 9.17) is 5.26 Å². The molecule has 0 aliphatic carbocycles. The van der Waals surface area contributed by atoms with Gasteiger partial charge in [-0.1, -0.05) is 12.2 Å². The molecule has 0 fully saturated rings. The second-order valence-corrected chi connectivity index (χ2v) is 4.90. The topological polar surface area (TPSA) is 52.9 Å². The molecule has 1 N–H and O–H groups in total. The fourth-order valence-electron chi connectivity index (χ4n) is 1.58. The Kier molecular flexibility index (Phi) is 5.37. The van der Waals surface area contributed by atoms with Crippen molar-refractivity contribution in [2.45, 2.75) is 19.3 Å². The Morgan fingerprint density at radius 3 is 1.87 bits per heavy atom. The fourth-order valence-corrected chi connectivity index (χ4v) is 1.91. The monoisotopic (exact) mass is 354 g/mol. The van der Waals surface area contributed by atoms with Gasteiger partial charge < -0.3 is 5.32 Å². The van der Waals surface area contributed by atoms with Crippen molar-refractivity contribution in [3.05, 3.63) is 29.3 Å². The van der Waals surface area contributed by atoms with Crippen LogP contribution in [-0.4, -0.2) is 10.8 Å². The van der Waals surface area contributed by atoms with E-state index in [1.54, 1.807) is 0 Å². The molecule has 0 radical (unpaired) electrons. The Bertz CT molecular complexity index is 642. The first kappa shape index (κ1) is 18.9. The molecule has 0 amide bonds. The van der Waals surface area contributed by atoms with Gasteiger partial charge in [0.1, 0.15) is 4.99 Å². The molecule has 0 aliphatic heterocycles. The summed E-state index contributed by atoms with van der Waals surface area (Å²) in [4.78, 5) is 10.7. The van der Waals surface area contributed by atoms with Crippen LogP contribution in [0, 0.1) is 17.2 Å². The van der Waals surface area contributed by atoms with Crippen LogP contribution in [0.4, 0.5) is 32.0 Å². The Balaban J connectivity index is 3.29. The summed E-state index contributed by atoms with van der Waals surface area (Å²) in [6, 6.07) is 2.30. The van der Waals surface area contributed by atoms with Crippen molar-refractivity contribution in [2.24, 2.45) is 5.92 Å². The zero-order valence-electron chi connectivity index (χ0n) is 11.3. The van der Waals surface area contributed by atoms with Gasteiger partial charge in [-0.3, -0.25) is 4.79 Å². The van der Waals surface area contributed by atoms with Gasteiger partial charge in [-0.05, 0) is 25.1 Å². The van der Waals surface area contributed by atoms with Crippen LogP contribution in [0.15, 0.2) is 18.2 Å². The van der Waals surface area contributed by atoms with Crippen molar-refractivity contribution in [1.82, 2.24) is 0 Å². The number of ketones is 1. The first-order valence-corrected chi connectivity index (χ1v) is 6.27. The molecule has 0 bridgehead atoms. The number of rotatable bonds is 3. The minimum absolute atomic E-state index is 0.0407. The maximum Gasteiger partial charge on any atom is 0.416 e. The van der Waals surface area contributed by atoms with E-state index in [9.17, 15) is 31.1 Å². The molecule has 0 saturated heterocycles. The summed E-state index contributed by atoms with van der Waals surface area (Å²) in [5.41, 5.74) is -3.68. The lowest BCUT2D eigenvalue weighted by Gasteiger charge is -2.16. The molecule has 3 nitrogen and oxygen atoms in total. The Hall–Kier alpha value is -2.15. The zero-order chi connectivity index (χ0) is 18.0. The molecule has 124 valence electrons. The predicted octanol–water partition coefficient (Wildman–Crippen LogP) is 4.19. The van der Waals surface area contributed by atoms with Crippen LogP contribution >= 0.6 is 12.2 Å². The molecular formula is C13H8F6N2OS. The highest BCUT2D eigenvalue weighted by molar-refractivity contribution is 7.80. The van der Waals surface area contributed by atoms with E-state index in [0.29, 0.717) is 12.1 Å². The summed E-state index contributed by atoms with van der Waals surface area (Å²) < 4.78 is 76.2. The number of carbonyl (C=O) groups excluding carboxylic acids is 1. The molecule has 1 aromatic rings. The molecule has 0 saturated carbocycles. The van der Waals surface area contributed by atoms with Crippen molar-refractivity contribution >= 4 is 28.7 Å². The van der Waals surface area contributed by atoms with E-state index in [1.165, 1.54) is 6.07 Å². The van der Waals surface area contributed by atoms with Gasteiger partial charge in [0.2, 0.25) is 0 Å². The van der Waals surface area contributed by atoms with Crippen LogP contribution < -0.4 is 5.32 Å². The lowest BCUT2D eigenvalue weighted by atomic mass is 10.1. The number of hydrogen-bond donors (Lipinski definition) is 1. The van der Waals surface area contributed by atoms with Gasteiger partial charge in [0.05, 0.1) is 17.2 Å². The molecule has 0 aliphatic rings. The number of anilines is 1. The number of halogens is 6. The summed E-state index contributed by atoms with van der Waals surface area (Å²) in [5, 5.41) is 10.8. The Labute approximate surface area is 131 Å². The number of alkyl halides is 6. The molecular weight excluding hydrogens is 346 g/mol. The van der Waals surface area contributed by atoms with Gasteiger partial charge in [0.15, 0.2) is 11.7 Å². The van der Waals surface area contributed by atoms with Crippen LogP contribution in [0.2, 0.25) is 0 Å². The van der Waals surface area contributed by atoms with E-state index in [2.05, 4.69) is 17.5 Å². The fraction of sp³-hybridized carbons (Fsp3) is 0.308. The largest absolute Gasteiger partial charge is 0.416 e. The van der Waals surface area contributed by atoms with E-state index in [0.717, 1.165) is 6.92 Å². The van der Waals surface area contributed by atoms with Gasteiger partial charge in [-0.25, -0.2) is 0 Å². The van der Waals surface area contributed by atoms with Gasteiger partial charge in [-0.15, -0.1) is 0 Å². The van der Waals surface area contributed by atoms with E-state index in [-0.39, 0.29) is 6.07 Å². The van der Waals surface area contributed by atoms with Crippen LogP contribution in [0.25, 0.3) is 0 Å². The van der Waals surface area contributed by atoms with Crippen molar-refractivity contribution < 1.29 is 31.1 Å². The maximum absolute atomic E-state index is 12.7. The lowest BCUT2D eigenvalue weighted by molar-refractivity contribution is -0.143. The summed E-state index contributed by atoms with van der Waals surface area (Å²) in [6.45, 7) is 1.02. The number of nitriles is 1. The van der Waals surface area contributed by atoms with Crippen LogP contribution in [-0.2, 0) is 17.1 Å². The standard InChI is InChI=1S/C13H8F6N2OS/c1-6(22)10(5-20)11(23)21-9-3-7(12(14,15)16)2-8(4-9)13(17,18)19/h2-4,10H,1H3,(H,21,23). The molecule has 0 spiro atoms. The second-order valence-electron chi connectivity index (χ2n) is 4.46. The van der Waals surface area contributed by atoms with E-state index < -0.39 is 45.9 Å². The minimum Gasteiger partial charge on any atom is -0.349 e. The molecule has 0 heterocycles. The SMILES string of the molecule is CC(=O)C(C#N)C(=S)Nc1cc(C(F)(F)F)cc(C(F)(F)F)c1. The maximum atomic E-state index is 12.7. The zero-order valence-corrected chi connectivity index (χ0v) is 12.2. The number of nitrogens with zero attached hydrogens (tertiary/aromatic N) is 1. The number of thiocarbonyl (C=S) groups is 1. The third-order valence-corrected chi connectivity index (χ3v) is 2.99. The molecule has 23 heavy (non-hydrogen) atoms.